The number of methoxy groups -OCH3 is 1. The molecule has 0 aromatic carbocycles. The molecule has 1 amide bonds. The van der Waals surface area contributed by atoms with Crippen LogP contribution in [0.3, 0.4) is 0 Å². The Kier molecular flexibility index (Phi) is 5.70. The van der Waals surface area contributed by atoms with Gasteiger partial charge in [-0.2, -0.15) is 0 Å². The molecular formula is C14H21NO3. The summed E-state index contributed by atoms with van der Waals surface area (Å²) < 4.78 is 4.54. The van der Waals surface area contributed by atoms with Gasteiger partial charge < -0.3 is 9.64 Å². The molecular weight excluding hydrogens is 230 g/mol. The zero-order chi connectivity index (χ0) is 13.5. The van der Waals surface area contributed by atoms with E-state index in [0.29, 0.717) is 24.8 Å². The van der Waals surface area contributed by atoms with Crippen LogP contribution in [0.5, 0.6) is 0 Å². The Labute approximate surface area is 109 Å². The number of hydrogen-bond acceptors (Lipinski definition) is 3. The molecule has 0 saturated carbocycles. The molecule has 1 heterocycles. The fourth-order valence-electron chi connectivity index (χ4n) is 1.86. The van der Waals surface area contributed by atoms with E-state index in [1.165, 1.54) is 7.11 Å². The van der Waals surface area contributed by atoms with E-state index in [2.05, 4.69) is 30.4 Å². The highest BCUT2D eigenvalue weighted by atomic mass is 16.5. The second kappa shape index (κ2) is 7.05. The third kappa shape index (κ3) is 4.40. The molecule has 0 fully saturated rings. The minimum absolute atomic E-state index is 0.0168. The molecule has 0 aliphatic carbocycles. The van der Waals surface area contributed by atoms with E-state index < -0.39 is 0 Å². The van der Waals surface area contributed by atoms with Gasteiger partial charge in [0.1, 0.15) is 0 Å². The first-order valence-electron chi connectivity index (χ1n) is 6.37. The zero-order valence-electron chi connectivity index (χ0n) is 11.4. The normalized spacial score (nSPS) is 23.4. The standard InChI is InChI=1S/C14H21NO3/c1-11-6-4-5-9-15(10-12(11)2)13(16)7-8-14(17)18-3/h11-12H,5,7-10H2,1-3H3/t11-,12-/m0/s1. The van der Waals surface area contributed by atoms with Crippen LogP contribution in [0, 0.1) is 23.7 Å². The number of nitrogens with zero attached hydrogens (tertiary/aromatic N) is 1. The summed E-state index contributed by atoms with van der Waals surface area (Å²) in [4.78, 5) is 24.8. The average Bonchev–Trinajstić information content (AvgIpc) is 2.36. The lowest BCUT2D eigenvalue weighted by Crippen LogP contribution is -2.37. The number of rotatable bonds is 3. The lowest BCUT2D eigenvalue weighted by Gasteiger charge is -2.28. The lowest BCUT2D eigenvalue weighted by atomic mass is 9.94. The van der Waals surface area contributed by atoms with Gasteiger partial charge in [-0.15, -0.1) is 5.92 Å². The van der Waals surface area contributed by atoms with Crippen molar-refractivity contribution in [3.63, 3.8) is 0 Å². The Morgan fingerprint density at radius 1 is 1.33 bits per heavy atom. The Hall–Kier alpha value is -1.50. The number of amides is 1. The van der Waals surface area contributed by atoms with Crippen LogP contribution in [0.1, 0.15) is 33.1 Å². The van der Waals surface area contributed by atoms with Gasteiger partial charge in [0.05, 0.1) is 13.5 Å². The zero-order valence-corrected chi connectivity index (χ0v) is 11.4. The summed E-state index contributed by atoms with van der Waals surface area (Å²) >= 11 is 0. The maximum Gasteiger partial charge on any atom is 0.306 e. The Balaban J connectivity index is 2.52. The number of carbonyl (C=O) groups is 2. The van der Waals surface area contributed by atoms with E-state index in [9.17, 15) is 9.59 Å². The van der Waals surface area contributed by atoms with Gasteiger partial charge in [0.2, 0.25) is 5.91 Å². The van der Waals surface area contributed by atoms with E-state index in [0.717, 1.165) is 6.54 Å². The molecule has 1 aliphatic rings. The predicted octanol–water partition coefficient (Wildman–Crippen LogP) is 1.45. The van der Waals surface area contributed by atoms with E-state index in [4.69, 9.17) is 0 Å². The van der Waals surface area contributed by atoms with Crippen molar-refractivity contribution in [2.45, 2.75) is 33.1 Å². The second-order valence-corrected chi connectivity index (χ2v) is 4.75. The maximum atomic E-state index is 12.0. The molecule has 0 aromatic rings. The van der Waals surface area contributed by atoms with Crippen molar-refractivity contribution in [2.75, 3.05) is 20.2 Å². The largest absolute Gasteiger partial charge is 0.469 e. The molecule has 2 atom stereocenters. The highest BCUT2D eigenvalue weighted by Crippen LogP contribution is 2.15. The van der Waals surface area contributed by atoms with Crippen molar-refractivity contribution in [3.8, 4) is 11.8 Å². The number of ether oxygens (including phenoxy) is 1. The monoisotopic (exact) mass is 251 g/mol. The van der Waals surface area contributed by atoms with Gasteiger partial charge in [0.25, 0.3) is 0 Å². The fraction of sp³-hybridized carbons (Fsp3) is 0.714. The summed E-state index contributed by atoms with van der Waals surface area (Å²) in [5.41, 5.74) is 0. The van der Waals surface area contributed by atoms with Crippen molar-refractivity contribution < 1.29 is 14.3 Å². The van der Waals surface area contributed by atoms with Crippen LogP contribution < -0.4 is 0 Å². The molecule has 0 N–H and O–H groups in total. The van der Waals surface area contributed by atoms with Gasteiger partial charge in [-0.1, -0.05) is 19.8 Å². The third-order valence-electron chi connectivity index (χ3n) is 3.32. The predicted molar refractivity (Wildman–Crippen MR) is 68.6 cm³/mol. The van der Waals surface area contributed by atoms with Gasteiger partial charge in [-0.3, -0.25) is 9.59 Å². The molecule has 4 nitrogen and oxygen atoms in total. The summed E-state index contributed by atoms with van der Waals surface area (Å²) in [6.45, 7) is 5.56. The average molecular weight is 251 g/mol. The van der Waals surface area contributed by atoms with Gasteiger partial charge in [-0.05, 0) is 5.92 Å². The molecule has 0 aromatic heterocycles. The molecule has 0 saturated heterocycles. The molecule has 0 radical (unpaired) electrons. The summed E-state index contributed by atoms with van der Waals surface area (Å²) in [6.07, 6.45) is 1.09. The summed E-state index contributed by atoms with van der Waals surface area (Å²) in [6, 6.07) is 0. The quantitative estimate of drug-likeness (QED) is 0.563. The summed E-state index contributed by atoms with van der Waals surface area (Å²) in [5.74, 6) is 6.63. The van der Waals surface area contributed by atoms with Gasteiger partial charge in [0, 0.05) is 31.8 Å². The summed E-state index contributed by atoms with van der Waals surface area (Å²) in [5, 5.41) is 0. The lowest BCUT2D eigenvalue weighted by molar-refractivity contribution is -0.143. The highest BCUT2D eigenvalue weighted by molar-refractivity contribution is 5.81. The molecule has 0 bridgehead atoms. The van der Waals surface area contributed by atoms with Crippen molar-refractivity contribution in [2.24, 2.45) is 11.8 Å². The molecule has 0 unspecified atom stereocenters. The van der Waals surface area contributed by atoms with Crippen LogP contribution in [-0.2, 0) is 14.3 Å². The van der Waals surface area contributed by atoms with Crippen LogP contribution >= 0.6 is 0 Å². The highest BCUT2D eigenvalue weighted by Gasteiger charge is 2.20. The minimum atomic E-state index is -0.336. The van der Waals surface area contributed by atoms with Gasteiger partial charge >= 0.3 is 5.97 Å². The van der Waals surface area contributed by atoms with Crippen molar-refractivity contribution >= 4 is 11.9 Å². The van der Waals surface area contributed by atoms with Crippen LogP contribution in [0.2, 0.25) is 0 Å². The van der Waals surface area contributed by atoms with Crippen molar-refractivity contribution in [1.29, 1.82) is 0 Å². The Morgan fingerprint density at radius 2 is 2.06 bits per heavy atom. The number of carbonyl (C=O) groups excluding carboxylic acids is 2. The molecule has 1 rings (SSSR count). The van der Waals surface area contributed by atoms with E-state index in [1.54, 1.807) is 0 Å². The number of esters is 1. The smallest absolute Gasteiger partial charge is 0.306 e. The number of hydrogen-bond donors (Lipinski definition) is 0. The van der Waals surface area contributed by atoms with Crippen molar-refractivity contribution in [1.82, 2.24) is 4.90 Å². The van der Waals surface area contributed by atoms with Gasteiger partial charge in [0.15, 0.2) is 0 Å². The second-order valence-electron chi connectivity index (χ2n) is 4.75. The molecule has 1 aliphatic heterocycles. The van der Waals surface area contributed by atoms with E-state index in [1.807, 2.05) is 4.90 Å². The minimum Gasteiger partial charge on any atom is -0.469 e. The molecule has 100 valence electrons. The van der Waals surface area contributed by atoms with Crippen LogP contribution in [-0.4, -0.2) is 37.0 Å². The van der Waals surface area contributed by atoms with Crippen LogP contribution in [0.4, 0.5) is 0 Å². The first-order chi connectivity index (χ1) is 8.54. The third-order valence-corrected chi connectivity index (χ3v) is 3.32. The topological polar surface area (TPSA) is 46.6 Å². The summed E-state index contributed by atoms with van der Waals surface area (Å²) in [7, 11) is 1.34. The van der Waals surface area contributed by atoms with Crippen LogP contribution in [0.15, 0.2) is 0 Å². The first kappa shape index (κ1) is 14.6. The fourth-order valence-corrected chi connectivity index (χ4v) is 1.86. The van der Waals surface area contributed by atoms with Crippen LogP contribution in [0.25, 0.3) is 0 Å². The van der Waals surface area contributed by atoms with E-state index in [-0.39, 0.29) is 24.7 Å². The van der Waals surface area contributed by atoms with E-state index >= 15 is 0 Å². The molecule has 18 heavy (non-hydrogen) atoms. The SMILES string of the molecule is COC(=O)CCC(=O)N1CCC#C[C@H](C)[C@@H](C)C1. The Bertz CT molecular complexity index is 367. The van der Waals surface area contributed by atoms with Gasteiger partial charge in [-0.25, -0.2) is 0 Å². The molecule has 4 heteroatoms. The van der Waals surface area contributed by atoms with Crippen molar-refractivity contribution in [3.05, 3.63) is 0 Å². The molecule has 0 spiro atoms. The first-order valence-corrected chi connectivity index (χ1v) is 6.37. The Morgan fingerprint density at radius 3 is 2.72 bits per heavy atom. The maximum absolute atomic E-state index is 12.0.